The van der Waals surface area contributed by atoms with Gasteiger partial charge in [0.15, 0.2) is 0 Å². The van der Waals surface area contributed by atoms with Gasteiger partial charge in [0.25, 0.3) is 11.8 Å². The first kappa shape index (κ1) is 20.8. The van der Waals surface area contributed by atoms with Crippen LogP contribution in [0.2, 0.25) is 0 Å². The van der Waals surface area contributed by atoms with E-state index in [4.69, 9.17) is 4.74 Å². The van der Waals surface area contributed by atoms with Crippen molar-refractivity contribution >= 4 is 23.1 Å². The molecule has 1 aliphatic rings. The molecule has 0 radical (unpaired) electrons. The van der Waals surface area contributed by atoms with E-state index in [1.165, 1.54) is 4.90 Å². The number of carbonyl (C=O) groups is 2. The van der Waals surface area contributed by atoms with Gasteiger partial charge in [0.05, 0.1) is 5.57 Å². The van der Waals surface area contributed by atoms with Gasteiger partial charge in [-0.3, -0.25) is 14.5 Å². The lowest BCUT2D eigenvalue weighted by atomic mass is 9.97. The summed E-state index contributed by atoms with van der Waals surface area (Å²) in [7, 11) is 0. The highest BCUT2D eigenvalue weighted by atomic mass is 16.5. The molecule has 1 heterocycles. The van der Waals surface area contributed by atoms with E-state index in [-0.39, 0.29) is 11.8 Å². The highest BCUT2D eigenvalue weighted by Gasteiger charge is 2.39. The van der Waals surface area contributed by atoms with Gasteiger partial charge < -0.3 is 10.1 Å². The zero-order chi connectivity index (χ0) is 21.0. The van der Waals surface area contributed by atoms with E-state index in [2.05, 4.69) is 5.32 Å². The van der Waals surface area contributed by atoms with Crippen LogP contribution in [0.4, 0.5) is 5.69 Å². The molecule has 5 nitrogen and oxygen atoms in total. The molecule has 2 aromatic carbocycles. The average molecular weight is 392 g/mol. The van der Waals surface area contributed by atoms with Crippen LogP contribution in [-0.2, 0) is 14.3 Å². The van der Waals surface area contributed by atoms with Crippen LogP contribution in [0.3, 0.4) is 0 Å². The first-order valence-electron chi connectivity index (χ1n) is 10.0. The van der Waals surface area contributed by atoms with Gasteiger partial charge in [-0.25, -0.2) is 0 Å². The number of carbonyl (C=O) groups excluding carboxylic acids is 2. The van der Waals surface area contributed by atoms with Crippen molar-refractivity contribution in [2.24, 2.45) is 0 Å². The molecule has 0 fully saturated rings. The molecule has 0 unspecified atom stereocenters. The number of nitrogens with zero attached hydrogens (tertiary/aromatic N) is 1. The van der Waals surface area contributed by atoms with Crippen LogP contribution in [0.25, 0.3) is 5.57 Å². The first-order valence-corrected chi connectivity index (χ1v) is 10.0. The Balaban J connectivity index is 1.99. The maximum Gasteiger partial charge on any atom is 0.278 e. The molecule has 0 spiro atoms. The Hall–Kier alpha value is -2.92. The SMILES string of the molecule is CCOCCCN1C(=O)C(Nc2cccc(C)c2)=C(c2ccc(C)cc2C)C1=O. The van der Waals surface area contributed by atoms with Gasteiger partial charge in [-0.2, -0.15) is 0 Å². The normalized spacial score (nSPS) is 14.1. The van der Waals surface area contributed by atoms with Crippen molar-refractivity contribution in [2.75, 3.05) is 25.1 Å². The number of anilines is 1. The molecule has 1 N–H and O–H groups in total. The van der Waals surface area contributed by atoms with E-state index in [0.717, 1.165) is 27.9 Å². The second-order valence-electron chi connectivity index (χ2n) is 7.38. The lowest BCUT2D eigenvalue weighted by molar-refractivity contribution is -0.137. The topological polar surface area (TPSA) is 58.6 Å². The van der Waals surface area contributed by atoms with Gasteiger partial charge in [-0.15, -0.1) is 0 Å². The highest BCUT2D eigenvalue weighted by Crippen LogP contribution is 2.32. The third-order valence-electron chi connectivity index (χ3n) is 4.98. The smallest absolute Gasteiger partial charge is 0.278 e. The summed E-state index contributed by atoms with van der Waals surface area (Å²) < 4.78 is 5.36. The summed E-state index contributed by atoms with van der Waals surface area (Å²) >= 11 is 0. The van der Waals surface area contributed by atoms with Crippen molar-refractivity contribution in [3.8, 4) is 0 Å². The van der Waals surface area contributed by atoms with E-state index in [9.17, 15) is 9.59 Å². The summed E-state index contributed by atoms with van der Waals surface area (Å²) in [6.45, 7) is 9.38. The molecular formula is C24H28N2O3. The minimum absolute atomic E-state index is 0.256. The molecule has 2 aromatic rings. The van der Waals surface area contributed by atoms with E-state index in [0.29, 0.717) is 37.4 Å². The number of nitrogens with one attached hydrogen (secondary N) is 1. The lowest BCUT2D eigenvalue weighted by Gasteiger charge is -2.15. The summed E-state index contributed by atoms with van der Waals surface area (Å²) in [6.07, 6.45) is 0.614. The molecule has 3 rings (SSSR count). The van der Waals surface area contributed by atoms with E-state index in [1.807, 2.05) is 70.2 Å². The van der Waals surface area contributed by atoms with Crippen LogP contribution in [0.15, 0.2) is 48.2 Å². The number of benzene rings is 2. The fourth-order valence-electron chi connectivity index (χ4n) is 3.58. The number of amides is 2. The van der Waals surface area contributed by atoms with Gasteiger partial charge in [-0.05, 0) is 62.9 Å². The number of imide groups is 1. The Morgan fingerprint density at radius 3 is 2.41 bits per heavy atom. The molecule has 0 saturated heterocycles. The van der Waals surface area contributed by atoms with Crippen LogP contribution in [0.1, 0.15) is 35.6 Å². The van der Waals surface area contributed by atoms with Gasteiger partial charge in [0, 0.05) is 25.4 Å². The Kier molecular flexibility index (Phi) is 6.49. The maximum atomic E-state index is 13.3. The van der Waals surface area contributed by atoms with Gasteiger partial charge in [0.1, 0.15) is 5.70 Å². The average Bonchev–Trinajstić information content (AvgIpc) is 2.89. The number of hydrogen-bond acceptors (Lipinski definition) is 4. The van der Waals surface area contributed by atoms with Crippen molar-refractivity contribution in [3.63, 3.8) is 0 Å². The Morgan fingerprint density at radius 1 is 0.966 bits per heavy atom. The number of rotatable bonds is 8. The van der Waals surface area contributed by atoms with Gasteiger partial charge >= 0.3 is 0 Å². The maximum absolute atomic E-state index is 13.3. The molecule has 2 amide bonds. The molecule has 0 saturated carbocycles. The predicted octanol–water partition coefficient (Wildman–Crippen LogP) is 4.23. The molecule has 0 atom stereocenters. The van der Waals surface area contributed by atoms with Crippen LogP contribution >= 0.6 is 0 Å². The summed E-state index contributed by atoms with van der Waals surface area (Å²) in [5.41, 5.74) is 5.52. The zero-order valence-corrected chi connectivity index (χ0v) is 17.5. The summed E-state index contributed by atoms with van der Waals surface area (Å²) in [5.74, 6) is -0.545. The minimum atomic E-state index is -0.289. The van der Waals surface area contributed by atoms with Crippen molar-refractivity contribution in [3.05, 3.63) is 70.4 Å². The van der Waals surface area contributed by atoms with Crippen molar-refractivity contribution in [1.29, 1.82) is 0 Å². The second-order valence-corrected chi connectivity index (χ2v) is 7.38. The van der Waals surface area contributed by atoms with Crippen LogP contribution in [0, 0.1) is 20.8 Å². The fourth-order valence-corrected chi connectivity index (χ4v) is 3.58. The molecule has 0 aliphatic carbocycles. The molecule has 152 valence electrons. The quantitative estimate of drug-likeness (QED) is 0.539. The molecule has 29 heavy (non-hydrogen) atoms. The standard InChI is InChI=1S/C24H28N2O3/c1-5-29-13-7-12-26-23(27)21(20-11-10-17(3)14-18(20)4)22(24(26)28)25-19-9-6-8-16(2)15-19/h6,8-11,14-15,25H,5,7,12-13H2,1-4H3. The summed E-state index contributed by atoms with van der Waals surface area (Å²) in [5, 5.41) is 3.22. The second kappa shape index (κ2) is 9.05. The molecule has 0 aromatic heterocycles. The molecule has 5 heteroatoms. The number of hydrogen-bond donors (Lipinski definition) is 1. The minimum Gasteiger partial charge on any atom is -0.382 e. The lowest BCUT2D eigenvalue weighted by Crippen LogP contribution is -2.34. The monoisotopic (exact) mass is 392 g/mol. The van der Waals surface area contributed by atoms with E-state index < -0.39 is 0 Å². The highest BCUT2D eigenvalue weighted by molar-refractivity contribution is 6.36. The fraction of sp³-hybridized carbons (Fsp3) is 0.333. The van der Waals surface area contributed by atoms with Crippen LogP contribution < -0.4 is 5.32 Å². The molecule has 1 aliphatic heterocycles. The largest absolute Gasteiger partial charge is 0.382 e. The predicted molar refractivity (Wildman–Crippen MR) is 115 cm³/mol. The number of ether oxygens (including phenoxy) is 1. The zero-order valence-electron chi connectivity index (χ0n) is 17.5. The Labute approximate surface area is 172 Å². The van der Waals surface area contributed by atoms with Gasteiger partial charge in [-0.1, -0.05) is 35.9 Å². The first-order chi connectivity index (χ1) is 13.9. The van der Waals surface area contributed by atoms with Crippen molar-refractivity contribution < 1.29 is 14.3 Å². The third-order valence-corrected chi connectivity index (χ3v) is 4.98. The van der Waals surface area contributed by atoms with Gasteiger partial charge in [0.2, 0.25) is 0 Å². The summed E-state index contributed by atoms with van der Waals surface area (Å²) in [4.78, 5) is 27.8. The summed E-state index contributed by atoms with van der Waals surface area (Å²) in [6, 6.07) is 13.7. The van der Waals surface area contributed by atoms with E-state index in [1.54, 1.807) is 0 Å². The van der Waals surface area contributed by atoms with Crippen LogP contribution in [0.5, 0.6) is 0 Å². The molecule has 0 bridgehead atoms. The van der Waals surface area contributed by atoms with Crippen LogP contribution in [-0.4, -0.2) is 36.5 Å². The Morgan fingerprint density at radius 2 is 1.72 bits per heavy atom. The Bertz CT molecular complexity index is 962. The van der Waals surface area contributed by atoms with Crippen molar-refractivity contribution in [2.45, 2.75) is 34.1 Å². The third kappa shape index (κ3) is 4.57. The number of aryl methyl sites for hydroxylation is 3. The molecular weight excluding hydrogens is 364 g/mol. The van der Waals surface area contributed by atoms with Crippen molar-refractivity contribution in [1.82, 2.24) is 4.90 Å². The van der Waals surface area contributed by atoms with E-state index >= 15 is 0 Å².